The summed E-state index contributed by atoms with van der Waals surface area (Å²) in [6.07, 6.45) is 2.55. The summed E-state index contributed by atoms with van der Waals surface area (Å²) in [5.41, 5.74) is 5.99. The van der Waals surface area contributed by atoms with E-state index in [0.29, 0.717) is 59.4 Å². The summed E-state index contributed by atoms with van der Waals surface area (Å²) >= 11 is 0. The first-order valence-electron chi connectivity index (χ1n) is 15.7. The maximum absolute atomic E-state index is 14.2. The Morgan fingerprint density at radius 1 is 0.804 bits per heavy atom. The van der Waals surface area contributed by atoms with Crippen molar-refractivity contribution in [2.75, 3.05) is 48.5 Å². The molecule has 6 bridgehead atoms. The molecule has 0 aromatic heterocycles. The molecule has 46 heavy (non-hydrogen) atoms. The first-order valence-corrected chi connectivity index (χ1v) is 15.7. The summed E-state index contributed by atoms with van der Waals surface area (Å²) in [6, 6.07) is 19.3. The quantitative estimate of drug-likeness (QED) is 0.195. The molecule has 4 aromatic rings. The zero-order valence-electron chi connectivity index (χ0n) is 27.0. The second-order valence-electron chi connectivity index (χ2n) is 12.7. The Morgan fingerprint density at radius 3 is 2.24 bits per heavy atom. The minimum Gasteiger partial charge on any atom is -0.633 e. The number of methoxy groups -OCH3 is 3. The molecule has 1 N–H and O–H groups in total. The van der Waals surface area contributed by atoms with E-state index in [4.69, 9.17) is 23.7 Å². The Labute approximate surface area is 269 Å². The molecule has 4 heterocycles. The summed E-state index contributed by atoms with van der Waals surface area (Å²) in [7, 11) is 8.62. The number of benzene rings is 4. The molecule has 0 radical (unpaired) electrons. The van der Waals surface area contributed by atoms with Crippen molar-refractivity contribution in [2.24, 2.45) is 0 Å². The molecule has 0 unspecified atom stereocenters. The maximum atomic E-state index is 14.2. The molecule has 0 saturated carbocycles. The number of hydrogen-bond donors (Lipinski definition) is 1. The SMILES string of the molecule is COc1ccc2cc1Oc1ccc(cc1)C[C@@H]1c3c(cc(OC)c(O)c3Oc3cc4c(cc3OC)CCN(C)[C@@H]4C2)CC[N@@+]1(C)[O-]. The summed E-state index contributed by atoms with van der Waals surface area (Å²) in [5, 5.41) is 25.8. The van der Waals surface area contributed by atoms with Crippen LogP contribution in [-0.4, -0.2) is 63.2 Å². The number of hydroxylamine groups is 3. The first kappa shape index (κ1) is 30.2. The van der Waals surface area contributed by atoms with E-state index in [9.17, 15) is 10.3 Å². The van der Waals surface area contributed by atoms with Gasteiger partial charge in [0.05, 0.1) is 40.5 Å². The van der Waals surface area contributed by atoms with Gasteiger partial charge in [0.1, 0.15) is 11.8 Å². The lowest BCUT2D eigenvalue weighted by atomic mass is 9.87. The molecular formula is C37H40N2O7. The van der Waals surface area contributed by atoms with Gasteiger partial charge in [-0.2, -0.15) is 0 Å². The van der Waals surface area contributed by atoms with Crippen molar-refractivity contribution >= 4 is 0 Å². The number of nitrogens with zero attached hydrogens (tertiary/aromatic N) is 2. The normalized spacial score (nSPS) is 22.0. The Kier molecular flexibility index (Phi) is 7.71. The minimum atomic E-state index is -0.541. The molecule has 9 nitrogen and oxygen atoms in total. The summed E-state index contributed by atoms with van der Waals surface area (Å²) in [4.78, 5) is 2.35. The Balaban J connectivity index is 1.46. The molecule has 0 saturated heterocycles. The van der Waals surface area contributed by atoms with Gasteiger partial charge in [0.15, 0.2) is 34.5 Å². The van der Waals surface area contributed by atoms with E-state index in [1.807, 2.05) is 54.6 Å². The van der Waals surface area contributed by atoms with Crippen LogP contribution in [0.4, 0.5) is 0 Å². The smallest absolute Gasteiger partial charge is 0.201 e. The number of rotatable bonds is 3. The molecule has 4 aromatic carbocycles. The molecule has 0 spiro atoms. The Morgan fingerprint density at radius 2 is 1.50 bits per heavy atom. The molecule has 0 amide bonds. The van der Waals surface area contributed by atoms with Crippen molar-refractivity contribution in [3.8, 4) is 46.0 Å². The van der Waals surface area contributed by atoms with Crippen molar-refractivity contribution in [3.05, 3.63) is 99.3 Å². The highest BCUT2D eigenvalue weighted by Crippen LogP contribution is 2.52. The van der Waals surface area contributed by atoms with Gasteiger partial charge in [0.25, 0.3) is 0 Å². The van der Waals surface area contributed by atoms with E-state index in [2.05, 4.69) is 18.0 Å². The van der Waals surface area contributed by atoms with Gasteiger partial charge in [0, 0.05) is 25.4 Å². The third-order valence-electron chi connectivity index (χ3n) is 9.88. The van der Waals surface area contributed by atoms with Gasteiger partial charge in [-0.15, -0.1) is 0 Å². The number of fused-ring (bicyclic) bond motifs is 2. The van der Waals surface area contributed by atoms with Crippen molar-refractivity contribution in [3.63, 3.8) is 0 Å². The van der Waals surface area contributed by atoms with Gasteiger partial charge in [-0.1, -0.05) is 18.2 Å². The fraction of sp³-hybridized carbons (Fsp3) is 0.351. The highest BCUT2D eigenvalue weighted by molar-refractivity contribution is 5.62. The predicted molar refractivity (Wildman–Crippen MR) is 175 cm³/mol. The molecular weight excluding hydrogens is 584 g/mol. The van der Waals surface area contributed by atoms with E-state index in [1.54, 1.807) is 21.3 Å². The van der Waals surface area contributed by atoms with Crippen LogP contribution < -0.4 is 23.7 Å². The van der Waals surface area contributed by atoms with Crippen LogP contribution in [0.3, 0.4) is 0 Å². The Bertz CT molecular complexity index is 1790. The lowest BCUT2D eigenvalue weighted by Gasteiger charge is -2.49. The monoisotopic (exact) mass is 624 g/mol. The minimum absolute atomic E-state index is 0.0404. The van der Waals surface area contributed by atoms with Gasteiger partial charge < -0.3 is 38.6 Å². The number of ether oxygens (including phenoxy) is 5. The number of likely N-dealkylation sites (N-methyl/N-ethyl adjacent to an activating group) is 2. The first-order chi connectivity index (χ1) is 22.2. The van der Waals surface area contributed by atoms with E-state index in [0.717, 1.165) is 41.6 Å². The maximum Gasteiger partial charge on any atom is 0.201 e. The highest BCUT2D eigenvalue weighted by atomic mass is 16.5. The van der Waals surface area contributed by atoms with Crippen LogP contribution in [0.2, 0.25) is 0 Å². The molecule has 9 heteroatoms. The van der Waals surface area contributed by atoms with E-state index >= 15 is 0 Å². The summed E-state index contributed by atoms with van der Waals surface area (Å²) in [6.45, 7) is 1.28. The fourth-order valence-corrected chi connectivity index (χ4v) is 7.23. The Hall–Kier alpha value is -4.44. The second kappa shape index (κ2) is 11.7. The van der Waals surface area contributed by atoms with Crippen LogP contribution in [0, 0.1) is 5.21 Å². The third kappa shape index (κ3) is 5.28. The standard InChI is InChI=1S/C37H40N2O7/c1-38-14-12-24-19-31(43-4)33-21-27(24)28(38)16-23-8-11-30(42-3)32(18-23)45-26-9-6-22(7-10-26)17-29-35-25(13-15-39(29,2)41)20-34(44-5)36(40)37(35)46-33/h6-11,18-21,28-29,40H,12-17H2,1-5H3/t28-,29-,39-/m1/s1. The fourth-order valence-electron chi connectivity index (χ4n) is 7.23. The van der Waals surface area contributed by atoms with Gasteiger partial charge >= 0.3 is 0 Å². The van der Waals surface area contributed by atoms with E-state index < -0.39 is 10.7 Å². The molecule has 8 rings (SSSR count). The average Bonchev–Trinajstić information content (AvgIpc) is 3.05. The topological polar surface area (TPSA) is 92.7 Å². The third-order valence-corrected chi connectivity index (χ3v) is 9.88. The number of quaternary nitrogens is 1. The van der Waals surface area contributed by atoms with Crippen LogP contribution in [0.1, 0.15) is 45.5 Å². The molecule has 4 aliphatic heterocycles. The second-order valence-corrected chi connectivity index (χ2v) is 12.7. The highest BCUT2D eigenvalue weighted by Gasteiger charge is 2.39. The number of phenols is 1. The van der Waals surface area contributed by atoms with Crippen molar-refractivity contribution in [2.45, 2.75) is 37.8 Å². The van der Waals surface area contributed by atoms with Crippen molar-refractivity contribution in [1.29, 1.82) is 0 Å². The zero-order chi connectivity index (χ0) is 32.2. The summed E-state index contributed by atoms with van der Waals surface area (Å²) in [5.74, 6) is 3.42. The largest absolute Gasteiger partial charge is 0.633 e. The van der Waals surface area contributed by atoms with E-state index in [-0.39, 0.29) is 17.5 Å². The van der Waals surface area contributed by atoms with Crippen LogP contribution in [0.15, 0.2) is 60.7 Å². The molecule has 3 atom stereocenters. The molecule has 4 aliphatic rings. The molecule has 0 fully saturated rings. The predicted octanol–water partition coefficient (Wildman–Crippen LogP) is 6.87. The van der Waals surface area contributed by atoms with Gasteiger partial charge in [-0.3, -0.25) is 4.90 Å². The average molecular weight is 625 g/mol. The molecule has 0 aliphatic carbocycles. The van der Waals surface area contributed by atoms with Gasteiger partial charge in [0.2, 0.25) is 5.75 Å². The van der Waals surface area contributed by atoms with Gasteiger partial charge in [-0.05, 0) is 90.2 Å². The van der Waals surface area contributed by atoms with Gasteiger partial charge in [-0.25, -0.2) is 0 Å². The lowest BCUT2D eigenvalue weighted by molar-refractivity contribution is -0.894. The zero-order valence-corrected chi connectivity index (χ0v) is 27.0. The van der Waals surface area contributed by atoms with Crippen LogP contribution >= 0.6 is 0 Å². The van der Waals surface area contributed by atoms with Crippen molar-refractivity contribution < 1.29 is 33.4 Å². The number of hydrogen-bond acceptors (Lipinski definition) is 8. The van der Waals surface area contributed by atoms with Crippen molar-refractivity contribution in [1.82, 2.24) is 4.90 Å². The van der Waals surface area contributed by atoms with Crippen LogP contribution in [0.25, 0.3) is 0 Å². The number of phenolic OH excluding ortho intramolecular Hbond substituents is 1. The lowest BCUT2D eigenvalue weighted by Crippen LogP contribution is -2.47. The van der Waals surface area contributed by atoms with Crippen LogP contribution in [0.5, 0.6) is 46.0 Å². The van der Waals surface area contributed by atoms with E-state index in [1.165, 1.54) is 12.7 Å². The van der Waals surface area contributed by atoms with Crippen LogP contribution in [-0.2, 0) is 25.7 Å². The molecule has 240 valence electrons. The number of aromatic hydroxyl groups is 1. The summed E-state index contributed by atoms with van der Waals surface area (Å²) < 4.78 is 29.7.